The van der Waals surface area contributed by atoms with E-state index in [4.69, 9.17) is 21.1 Å². The Morgan fingerprint density at radius 2 is 2.31 bits per heavy atom. The molecule has 0 spiro atoms. The second kappa shape index (κ2) is 4.72. The van der Waals surface area contributed by atoms with Crippen LogP contribution in [0.4, 0.5) is 5.69 Å². The van der Waals surface area contributed by atoms with Gasteiger partial charge < -0.3 is 14.4 Å². The Balaban J connectivity index is 2.34. The summed E-state index contributed by atoms with van der Waals surface area (Å²) in [6.45, 7) is 1.19. The lowest BCUT2D eigenvalue weighted by Gasteiger charge is -2.28. The topological polar surface area (TPSA) is 38.8 Å². The molecular formula is C11H12ClNO3. The van der Waals surface area contributed by atoms with E-state index in [0.717, 1.165) is 5.69 Å². The Morgan fingerprint density at radius 1 is 1.50 bits per heavy atom. The largest absolute Gasteiger partial charge is 0.495 e. The van der Waals surface area contributed by atoms with Crippen LogP contribution in [0.15, 0.2) is 18.2 Å². The molecular weight excluding hydrogens is 230 g/mol. The second-order valence-corrected chi connectivity index (χ2v) is 3.85. The van der Waals surface area contributed by atoms with Crippen LogP contribution in [-0.4, -0.2) is 32.8 Å². The van der Waals surface area contributed by atoms with Gasteiger partial charge in [0.05, 0.1) is 19.4 Å². The molecule has 0 bridgehead atoms. The number of halogens is 1. The van der Waals surface area contributed by atoms with Gasteiger partial charge in [-0.2, -0.15) is 0 Å². The van der Waals surface area contributed by atoms with Crippen molar-refractivity contribution in [2.45, 2.75) is 0 Å². The zero-order valence-electron chi connectivity index (χ0n) is 8.90. The average Bonchev–Trinajstić information content (AvgIpc) is 2.30. The molecule has 0 radical (unpaired) electrons. The lowest BCUT2D eigenvalue weighted by molar-refractivity contribution is -0.125. The van der Waals surface area contributed by atoms with E-state index in [0.29, 0.717) is 23.9 Å². The lowest BCUT2D eigenvalue weighted by Crippen LogP contribution is -2.41. The SMILES string of the molecule is COc1cc(Cl)ccc1N1CCOCC1=O. The van der Waals surface area contributed by atoms with Gasteiger partial charge in [-0.25, -0.2) is 0 Å². The van der Waals surface area contributed by atoms with Gasteiger partial charge in [-0.3, -0.25) is 4.79 Å². The van der Waals surface area contributed by atoms with Crippen molar-refractivity contribution in [3.63, 3.8) is 0 Å². The Labute approximate surface area is 98.7 Å². The number of nitrogens with zero attached hydrogens (tertiary/aromatic N) is 1. The number of hydrogen-bond acceptors (Lipinski definition) is 3. The van der Waals surface area contributed by atoms with Crippen molar-refractivity contribution in [2.75, 3.05) is 31.8 Å². The van der Waals surface area contributed by atoms with Gasteiger partial charge in [-0.15, -0.1) is 0 Å². The highest BCUT2D eigenvalue weighted by Crippen LogP contribution is 2.31. The Hall–Kier alpha value is -1.26. The minimum Gasteiger partial charge on any atom is -0.495 e. The maximum absolute atomic E-state index is 11.7. The molecule has 0 atom stereocenters. The fourth-order valence-corrected chi connectivity index (χ4v) is 1.81. The van der Waals surface area contributed by atoms with Crippen LogP contribution in [0.5, 0.6) is 5.75 Å². The molecule has 0 saturated carbocycles. The van der Waals surface area contributed by atoms with E-state index in [9.17, 15) is 4.79 Å². The predicted molar refractivity (Wildman–Crippen MR) is 61.2 cm³/mol. The minimum absolute atomic E-state index is 0.0631. The van der Waals surface area contributed by atoms with Crippen molar-refractivity contribution in [3.05, 3.63) is 23.2 Å². The highest BCUT2D eigenvalue weighted by atomic mass is 35.5. The normalized spacial score (nSPS) is 16.4. The average molecular weight is 242 g/mol. The maximum Gasteiger partial charge on any atom is 0.253 e. The van der Waals surface area contributed by atoms with Gasteiger partial charge in [0.15, 0.2) is 0 Å². The second-order valence-electron chi connectivity index (χ2n) is 3.41. The van der Waals surface area contributed by atoms with Gasteiger partial charge in [-0.1, -0.05) is 11.6 Å². The fraction of sp³-hybridized carbons (Fsp3) is 0.364. The molecule has 1 aromatic rings. The molecule has 0 aromatic heterocycles. The van der Waals surface area contributed by atoms with Crippen LogP contribution in [-0.2, 0) is 9.53 Å². The third-order valence-electron chi connectivity index (χ3n) is 2.42. The molecule has 1 fully saturated rings. The number of hydrogen-bond donors (Lipinski definition) is 0. The molecule has 1 saturated heterocycles. The quantitative estimate of drug-likeness (QED) is 0.791. The molecule has 1 aliphatic rings. The van der Waals surface area contributed by atoms with Crippen LogP contribution in [0, 0.1) is 0 Å². The number of carbonyl (C=O) groups excluding carboxylic acids is 1. The van der Waals surface area contributed by atoms with Gasteiger partial charge >= 0.3 is 0 Å². The Bertz CT molecular complexity index is 408. The summed E-state index contributed by atoms with van der Waals surface area (Å²) in [5.41, 5.74) is 0.736. The third-order valence-corrected chi connectivity index (χ3v) is 2.65. The van der Waals surface area contributed by atoms with E-state index in [1.807, 2.05) is 0 Å². The summed E-state index contributed by atoms with van der Waals surface area (Å²) in [6, 6.07) is 5.21. The first-order chi connectivity index (χ1) is 7.72. The van der Waals surface area contributed by atoms with Crippen LogP contribution in [0.25, 0.3) is 0 Å². The van der Waals surface area contributed by atoms with Crippen molar-refractivity contribution in [3.8, 4) is 5.75 Å². The molecule has 0 aliphatic carbocycles. The summed E-state index contributed by atoms with van der Waals surface area (Å²) in [5.74, 6) is 0.537. The monoisotopic (exact) mass is 241 g/mol. The number of ether oxygens (including phenoxy) is 2. The van der Waals surface area contributed by atoms with E-state index in [1.165, 1.54) is 0 Å². The summed E-state index contributed by atoms with van der Waals surface area (Å²) in [6.07, 6.45) is 0. The van der Waals surface area contributed by atoms with Gasteiger partial charge in [0.1, 0.15) is 12.4 Å². The zero-order chi connectivity index (χ0) is 11.5. The highest BCUT2D eigenvalue weighted by molar-refractivity contribution is 6.30. The molecule has 0 unspecified atom stereocenters. The molecule has 1 heterocycles. The molecule has 1 amide bonds. The molecule has 1 aromatic carbocycles. The van der Waals surface area contributed by atoms with Crippen LogP contribution in [0.3, 0.4) is 0 Å². The van der Waals surface area contributed by atoms with Crippen LogP contribution in [0.1, 0.15) is 0 Å². The fourth-order valence-electron chi connectivity index (χ4n) is 1.65. The van der Waals surface area contributed by atoms with Crippen molar-refractivity contribution in [2.24, 2.45) is 0 Å². The Kier molecular flexibility index (Phi) is 3.31. The molecule has 86 valence electrons. The number of benzene rings is 1. The van der Waals surface area contributed by atoms with Crippen molar-refractivity contribution in [1.29, 1.82) is 0 Å². The van der Waals surface area contributed by atoms with Crippen molar-refractivity contribution < 1.29 is 14.3 Å². The molecule has 4 nitrogen and oxygen atoms in total. The maximum atomic E-state index is 11.7. The molecule has 5 heteroatoms. The standard InChI is InChI=1S/C11H12ClNO3/c1-15-10-6-8(12)2-3-9(10)13-4-5-16-7-11(13)14/h2-3,6H,4-5,7H2,1H3. The summed E-state index contributed by atoms with van der Waals surface area (Å²) in [4.78, 5) is 13.3. The molecule has 2 rings (SSSR count). The van der Waals surface area contributed by atoms with E-state index in [-0.39, 0.29) is 12.5 Å². The number of anilines is 1. The van der Waals surface area contributed by atoms with E-state index in [1.54, 1.807) is 30.2 Å². The number of rotatable bonds is 2. The molecule has 0 N–H and O–H groups in total. The van der Waals surface area contributed by atoms with Crippen LogP contribution >= 0.6 is 11.6 Å². The molecule has 16 heavy (non-hydrogen) atoms. The van der Waals surface area contributed by atoms with E-state index in [2.05, 4.69) is 0 Å². The molecule has 1 aliphatic heterocycles. The third kappa shape index (κ3) is 2.13. The minimum atomic E-state index is -0.0631. The number of carbonyl (C=O) groups is 1. The number of amides is 1. The smallest absolute Gasteiger partial charge is 0.253 e. The first-order valence-corrected chi connectivity index (χ1v) is 5.32. The summed E-state index contributed by atoms with van der Waals surface area (Å²) >= 11 is 5.86. The summed E-state index contributed by atoms with van der Waals surface area (Å²) in [7, 11) is 1.56. The van der Waals surface area contributed by atoms with Gasteiger partial charge in [-0.05, 0) is 12.1 Å². The Morgan fingerprint density at radius 3 is 3.00 bits per heavy atom. The van der Waals surface area contributed by atoms with Crippen molar-refractivity contribution in [1.82, 2.24) is 0 Å². The van der Waals surface area contributed by atoms with Crippen LogP contribution < -0.4 is 9.64 Å². The highest BCUT2D eigenvalue weighted by Gasteiger charge is 2.22. The van der Waals surface area contributed by atoms with E-state index >= 15 is 0 Å². The first-order valence-electron chi connectivity index (χ1n) is 4.94. The lowest BCUT2D eigenvalue weighted by atomic mass is 10.2. The van der Waals surface area contributed by atoms with Gasteiger partial charge in [0, 0.05) is 17.6 Å². The number of methoxy groups -OCH3 is 1. The first kappa shape index (κ1) is 11.2. The van der Waals surface area contributed by atoms with Crippen molar-refractivity contribution >= 4 is 23.2 Å². The van der Waals surface area contributed by atoms with E-state index < -0.39 is 0 Å². The van der Waals surface area contributed by atoms with Gasteiger partial charge in [0.2, 0.25) is 0 Å². The number of morpholine rings is 1. The predicted octanol–water partition coefficient (Wildman–Crippen LogP) is 1.71. The summed E-state index contributed by atoms with van der Waals surface area (Å²) < 4.78 is 10.3. The van der Waals surface area contributed by atoms with Crippen LogP contribution in [0.2, 0.25) is 5.02 Å². The zero-order valence-corrected chi connectivity index (χ0v) is 9.66. The summed E-state index contributed by atoms with van der Waals surface area (Å²) in [5, 5.41) is 0.585. The van der Waals surface area contributed by atoms with Gasteiger partial charge in [0.25, 0.3) is 5.91 Å².